The average molecular weight is 540 g/mol. The Bertz CT molecular complexity index is 1410. The number of carbonyl (C=O) groups excluding carboxylic acids is 3. The minimum absolute atomic E-state index is 0.0602. The van der Waals surface area contributed by atoms with E-state index in [1.54, 1.807) is 66.4 Å². The molecule has 0 aliphatic carbocycles. The van der Waals surface area contributed by atoms with Crippen molar-refractivity contribution in [2.24, 2.45) is 5.92 Å². The van der Waals surface area contributed by atoms with Gasteiger partial charge in [-0.2, -0.15) is 0 Å². The lowest BCUT2D eigenvalue weighted by Crippen LogP contribution is -2.43. The second kappa shape index (κ2) is 11.5. The van der Waals surface area contributed by atoms with Gasteiger partial charge in [0.1, 0.15) is 0 Å². The van der Waals surface area contributed by atoms with Crippen molar-refractivity contribution in [1.82, 2.24) is 4.90 Å². The quantitative estimate of drug-likeness (QED) is 0.310. The van der Waals surface area contributed by atoms with Crippen molar-refractivity contribution in [2.45, 2.75) is 37.8 Å². The number of rotatable bonds is 9. The number of hydrogen-bond donors (Lipinski definition) is 2. The number of amides is 3. The van der Waals surface area contributed by atoms with Crippen LogP contribution in [0.1, 0.15) is 31.7 Å². The molecule has 0 unspecified atom stereocenters. The van der Waals surface area contributed by atoms with E-state index in [1.165, 1.54) is 9.80 Å². The minimum Gasteiger partial charge on any atom is -0.394 e. The zero-order chi connectivity index (χ0) is 28.3. The zero-order valence-electron chi connectivity index (χ0n) is 22.4. The molecule has 0 bridgehead atoms. The number of nitrogens with zero attached hydrogens (tertiary/aromatic N) is 3. The van der Waals surface area contributed by atoms with Crippen LogP contribution >= 0.6 is 0 Å². The van der Waals surface area contributed by atoms with Crippen LogP contribution in [-0.4, -0.2) is 52.5 Å². The number of likely N-dealkylation sites (tertiary alicyclic amines) is 1. The fourth-order valence-corrected chi connectivity index (χ4v) is 5.69. The topological polar surface area (TPSA) is 101 Å². The zero-order valence-corrected chi connectivity index (χ0v) is 22.4. The molecule has 3 aromatic carbocycles. The highest BCUT2D eigenvalue weighted by Crippen LogP contribution is 2.49. The fraction of sp³-hybridized carbons (Fsp3) is 0.281. The van der Waals surface area contributed by atoms with Gasteiger partial charge in [0.2, 0.25) is 12.3 Å². The molecule has 1 saturated heterocycles. The van der Waals surface area contributed by atoms with Crippen LogP contribution in [0.3, 0.4) is 0 Å². The lowest BCUT2D eigenvalue weighted by Gasteiger charge is -2.28. The first kappa shape index (κ1) is 27.3. The van der Waals surface area contributed by atoms with Gasteiger partial charge in [0.05, 0.1) is 18.3 Å². The van der Waals surface area contributed by atoms with Crippen LogP contribution in [0.2, 0.25) is 0 Å². The van der Waals surface area contributed by atoms with Gasteiger partial charge < -0.3 is 15.1 Å². The van der Waals surface area contributed by atoms with E-state index in [0.717, 1.165) is 12.8 Å². The van der Waals surface area contributed by atoms with Gasteiger partial charge in [-0.3, -0.25) is 24.2 Å². The average Bonchev–Trinajstić information content (AvgIpc) is 3.56. The Morgan fingerprint density at radius 3 is 2.45 bits per heavy atom. The van der Waals surface area contributed by atoms with Crippen LogP contribution < -0.4 is 9.80 Å². The van der Waals surface area contributed by atoms with Gasteiger partial charge in [0.15, 0.2) is 5.60 Å². The van der Waals surface area contributed by atoms with Crippen molar-refractivity contribution in [1.29, 1.82) is 0 Å². The van der Waals surface area contributed by atoms with E-state index in [4.69, 9.17) is 0 Å². The third kappa shape index (κ3) is 4.80. The molecule has 1 fully saturated rings. The molecule has 8 nitrogen and oxygen atoms in total. The fourth-order valence-electron chi connectivity index (χ4n) is 5.69. The molecule has 40 heavy (non-hydrogen) atoms. The van der Waals surface area contributed by atoms with E-state index >= 15 is 0 Å². The summed E-state index contributed by atoms with van der Waals surface area (Å²) in [5.74, 6) is -1.29. The van der Waals surface area contributed by atoms with E-state index in [2.05, 4.69) is 0 Å². The first-order valence-electron chi connectivity index (χ1n) is 13.5. The lowest BCUT2D eigenvalue weighted by atomic mass is 9.82. The molecule has 0 aromatic heterocycles. The second-order valence-electron chi connectivity index (χ2n) is 10.2. The Hall–Kier alpha value is -4.27. The molecule has 8 heteroatoms. The Labute approximate surface area is 233 Å². The van der Waals surface area contributed by atoms with Crippen molar-refractivity contribution in [3.05, 3.63) is 96.6 Å². The van der Waals surface area contributed by atoms with Crippen LogP contribution in [0.15, 0.2) is 91.0 Å². The van der Waals surface area contributed by atoms with E-state index in [9.17, 15) is 24.6 Å². The Balaban J connectivity index is 1.50. The molecule has 2 heterocycles. The first-order valence-corrected chi connectivity index (χ1v) is 13.5. The highest BCUT2D eigenvalue weighted by Gasteiger charge is 2.53. The van der Waals surface area contributed by atoms with Crippen molar-refractivity contribution < 1.29 is 24.6 Å². The molecule has 206 valence electrons. The van der Waals surface area contributed by atoms with Crippen LogP contribution in [0.25, 0.3) is 0 Å². The van der Waals surface area contributed by atoms with Gasteiger partial charge in [-0.15, -0.1) is 0 Å². The molecule has 2 N–H and O–H groups in total. The maximum absolute atomic E-state index is 14.0. The largest absolute Gasteiger partial charge is 0.394 e. The molecule has 0 saturated carbocycles. The van der Waals surface area contributed by atoms with Crippen molar-refractivity contribution >= 4 is 41.0 Å². The summed E-state index contributed by atoms with van der Waals surface area (Å²) in [5.41, 5.74) is 0.748. The third-order valence-electron chi connectivity index (χ3n) is 7.88. The van der Waals surface area contributed by atoms with Crippen molar-refractivity contribution in [2.75, 3.05) is 23.0 Å². The van der Waals surface area contributed by atoms with Gasteiger partial charge in [0.25, 0.3) is 5.91 Å². The molecule has 5 rings (SSSR count). The summed E-state index contributed by atoms with van der Waals surface area (Å²) >= 11 is 0. The Morgan fingerprint density at radius 1 is 1.07 bits per heavy atom. The molecule has 3 atom stereocenters. The van der Waals surface area contributed by atoms with Gasteiger partial charge in [-0.05, 0) is 55.3 Å². The van der Waals surface area contributed by atoms with Gasteiger partial charge in [0, 0.05) is 41.5 Å². The van der Waals surface area contributed by atoms with Crippen molar-refractivity contribution in [3.63, 3.8) is 0 Å². The predicted octanol–water partition coefficient (Wildman–Crippen LogP) is 4.41. The summed E-state index contributed by atoms with van der Waals surface area (Å²) in [6.07, 6.45) is 5.83. The number of carbonyl (C=O) groups is 3. The van der Waals surface area contributed by atoms with Crippen LogP contribution in [0.5, 0.6) is 0 Å². The summed E-state index contributed by atoms with van der Waals surface area (Å²) in [6, 6.07) is 23.3. The smallest absolute Gasteiger partial charge is 0.268 e. The van der Waals surface area contributed by atoms with Gasteiger partial charge in [-0.1, -0.05) is 55.5 Å². The second-order valence-corrected chi connectivity index (χ2v) is 10.2. The minimum atomic E-state index is -1.94. The van der Waals surface area contributed by atoms with E-state index in [1.807, 2.05) is 36.4 Å². The van der Waals surface area contributed by atoms with Crippen LogP contribution in [-0.2, 0) is 20.0 Å². The first-order chi connectivity index (χ1) is 19.4. The molecule has 3 aromatic rings. The molecular formula is C32H33N3O5. The lowest BCUT2D eigenvalue weighted by molar-refractivity contribution is -0.138. The number of anilines is 4. The molecule has 0 spiro atoms. The Kier molecular flexibility index (Phi) is 7.82. The number of benzene rings is 3. The highest BCUT2D eigenvalue weighted by atomic mass is 16.3. The Morgan fingerprint density at radius 2 is 1.77 bits per heavy atom. The monoisotopic (exact) mass is 539 g/mol. The molecular weight excluding hydrogens is 506 g/mol. The molecule has 3 amide bonds. The summed E-state index contributed by atoms with van der Waals surface area (Å²) in [4.78, 5) is 43.6. The summed E-state index contributed by atoms with van der Waals surface area (Å²) in [5, 5.41) is 21.7. The highest BCUT2D eigenvalue weighted by molar-refractivity contribution is 6.12. The summed E-state index contributed by atoms with van der Waals surface area (Å²) < 4.78 is 0. The molecule has 2 aliphatic heterocycles. The van der Waals surface area contributed by atoms with Gasteiger partial charge in [-0.25, -0.2) is 0 Å². The number of aliphatic hydroxyl groups excluding tert-OH is 1. The molecule has 2 aliphatic rings. The van der Waals surface area contributed by atoms with E-state index in [-0.39, 0.29) is 25.0 Å². The summed E-state index contributed by atoms with van der Waals surface area (Å²) in [6.45, 7) is 2.30. The maximum atomic E-state index is 14.0. The number of hydrogen-bond acceptors (Lipinski definition) is 5. The standard InChI is InChI=1S/C32H33N3O5/c1-23(10-8-16-30(38)33-19-9-15-27(33)21-36)32(40)28-20-26(34(22-37)24-11-4-2-5-12-24)17-18-29(28)35(31(32)39)25-13-6-3-7-14-25/h2-8,10-14,17-18,20,22-23,27,36,40H,9,15-16,19,21H2,1H3/b10-8+/t23-,27-,32+/m0/s1. The van der Waals surface area contributed by atoms with Gasteiger partial charge >= 0.3 is 0 Å². The van der Waals surface area contributed by atoms with Crippen LogP contribution in [0.4, 0.5) is 22.7 Å². The normalized spacial score (nSPS) is 21.1. The van der Waals surface area contributed by atoms with E-state index in [0.29, 0.717) is 41.3 Å². The number of aliphatic hydroxyl groups is 2. The predicted molar refractivity (Wildman–Crippen MR) is 153 cm³/mol. The molecule has 0 radical (unpaired) electrons. The maximum Gasteiger partial charge on any atom is 0.268 e. The third-order valence-corrected chi connectivity index (χ3v) is 7.88. The number of para-hydroxylation sites is 2. The van der Waals surface area contributed by atoms with E-state index < -0.39 is 17.4 Å². The summed E-state index contributed by atoms with van der Waals surface area (Å²) in [7, 11) is 0. The van der Waals surface area contributed by atoms with Crippen LogP contribution in [0, 0.1) is 5.92 Å². The number of fused-ring (bicyclic) bond motifs is 1. The SMILES string of the molecule is C[C@@H](/C=C/CC(=O)N1CCC[C@H]1CO)[C@]1(O)C(=O)N(c2ccccc2)c2ccc(N(C=O)c3ccccc3)cc21. The van der Waals surface area contributed by atoms with Crippen molar-refractivity contribution in [3.8, 4) is 0 Å².